The van der Waals surface area contributed by atoms with Crippen LogP contribution in [0.3, 0.4) is 0 Å². The zero-order chi connectivity index (χ0) is 5.28. The Morgan fingerprint density at radius 1 is 1.57 bits per heavy atom. The quantitative estimate of drug-likeness (QED) is 0.465. The molecule has 0 unspecified atom stereocenters. The van der Waals surface area contributed by atoms with E-state index in [9.17, 15) is 0 Å². The Balaban J connectivity index is 3.04. The number of rotatable bonds is 0. The van der Waals surface area contributed by atoms with E-state index in [1.54, 1.807) is 6.07 Å². The van der Waals surface area contributed by atoms with Crippen molar-refractivity contribution < 1.29 is 5.11 Å². The van der Waals surface area contributed by atoms with Gasteiger partial charge < -0.3 is 5.11 Å². The van der Waals surface area contributed by atoms with Crippen LogP contribution in [0.5, 0.6) is 5.88 Å². The number of aromatic amines is 1. The second-order valence-electron chi connectivity index (χ2n) is 1.56. The topological polar surface area (TPSA) is 38.7 Å². The van der Waals surface area contributed by atoms with Gasteiger partial charge in [-0.3, -0.25) is 4.98 Å². The fourth-order valence-corrected chi connectivity index (χ4v) is 0.504. The molecule has 0 spiro atoms. The second-order valence-corrected chi connectivity index (χ2v) is 1.56. The largest absolute Gasteiger partial charge is 0.580 e. The minimum absolute atomic E-state index is 0.484. The van der Waals surface area contributed by atoms with Gasteiger partial charge in [-0.1, -0.05) is 0 Å². The Kier molecular flexibility index (Phi) is 0.785. The molecule has 0 aromatic carbocycles. The Morgan fingerprint density at radius 2 is 2.29 bits per heavy atom. The number of H-pyrrole nitrogens is 1. The molecule has 0 radical (unpaired) electrons. The van der Waals surface area contributed by atoms with E-state index in [1.165, 1.54) is 0 Å². The molecule has 2 nitrogen and oxygen atoms in total. The van der Waals surface area contributed by atoms with E-state index in [1.807, 2.05) is 13.0 Å². The fraction of sp³-hybridized carbons (Fsp3) is 0.200. The van der Waals surface area contributed by atoms with Crippen LogP contribution in [-0.4, -0.2) is 10.1 Å². The third-order valence-corrected chi connectivity index (χ3v) is 0.832. The number of aryl methyl sites for hydroxylation is 1. The summed E-state index contributed by atoms with van der Waals surface area (Å²) in [5.41, 5.74) is 1.05. The van der Waals surface area contributed by atoms with E-state index < -0.39 is 0 Å². The maximum Gasteiger partial charge on any atom is 0.334 e. The lowest BCUT2D eigenvalue weighted by atomic mass is 10.5. The summed E-state index contributed by atoms with van der Waals surface area (Å²) in [4.78, 5) is 2.81. The summed E-state index contributed by atoms with van der Waals surface area (Å²) in [6.07, 6.45) is 0. The zero-order valence-corrected chi connectivity index (χ0v) is 4.15. The molecule has 0 bridgehead atoms. The van der Waals surface area contributed by atoms with E-state index in [2.05, 4.69) is 4.98 Å². The molecule has 0 atom stereocenters. The third kappa shape index (κ3) is 0.738. The third-order valence-electron chi connectivity index (χ3n) is 0.832. The molecule has 1 aromatic rings. The molecule has 0 saturated heterocycles. The molecule has 0 aliphatic rings. The Bertz CT molecular complexity index is 140. The van der Waals surface area contributed by atoms with Crippen LogP contribution in [0.25, 0.3) is 0 Å². The van der Waals surface area contributed by atoms with Gasteiger partial charge in [-0.2, -0.15) is 0 Å². The lowest BCUT2D eigenvalue weighted by Gasteiger charge is -1.73. The SMILES string of the molecule is Cc1ccc([OH2+])[nH]1. The average molecular weight is 98.1 g/mol. The van der Waals surface area contributed by atoms with Gasteiger partial charge in [-0.25, -0.2) is 0 Å². The van der Waals surface area contributed by atoms with Crippen molar-refractivity contribution in [3.63, 3.8) is 0 Å². The van der Waals surface area contributed by atoms with Crippen LogP contribution >= 0.6 is 0 Å². The highest BCUT2D eigenvalue weighted by molar-refractivity contribution is 5.14. The van der Waals surface area contributed by atoms with Crippen LogP contribution in [-0.2, 0) is 0 Å². The Morgan fingerprint density at radius 3 is 2.43 bits per heavy atom. The Hall–Kier alpha value is -0.920. The number of hydrogen-bond acceptors (Lipinski definition) is 0. The van der Waals surface area contributed by atoms with Crippen molar-refractivity contribution in [2.75, 3.05) is 0 Å². The summed E-state index contributed by atoms with van der Waals surface area (Å²) in [5, 5.41) is 6.96. The van der Waals surface area contributed by atoms with Gasteiger partial charge in [0.1, 0.15) is 0 Å². The predicted octanol–water partition coefficient (Wildman–Crippen LogP) is 0.761. The Labute approximate surface area is 41.8 Å². The van der Waals surface area contributed by atoms with E-state index in [0.717, 1.165) is 5.69 Å². The summed E-state index contributed by atoms with van der Waals surface area (Å²) in [7, 11) is 0. The highest BCUT2D eigenvalue weighted by Gasteiger charge is 1.89. The van der Waals surface area contributed by atoms with Gasteiger partial charge in [0, 0.05) is 5.69 Å². The molecule has 38 valence electrons. The molecule has 0 aliphatic heterocycles. The number of nitrogens with one attached hydrogen (secondary N) is 1. The molecular weight excluding hydrogens is 90.1 g/mol. The van der Waals surface area contributed by atoms with Crippen molar-refractivity contribution in [2.24, 2.45) is 0 Å². The lowest BCUT2D eigenvalue weighted by molar-refractivity contribution is 0.456. The van der Waals surface area contributed by atoms with Crippen molar-refractivity contribution in [1.29, 1.82) is 0 Å². The molecule has 1 heterocycles. The number of aromatic nitrogens is 1. The average Bonchev–Trinajstić information content (AvgIpc) is 1.87. The highest BCUT2D eigenvalue weighted by atomic mass is 16.3. The van der Waals surface area contributed by atoms with Gasteiger partial charge in [0.05, 0.1) is 6.07 Å². The number of hydrogen-bond donors (Lipinski definition) is 1. The summed E-state index contributed by atoms with van der Waals surface area (Å²) >= 11 is 0. The lowest BCUT2D eigenvalue weighted by Crippen LogP contribution is -1.63. The maximum atomic E-state index is 6.96. The van der Waals surface area contributed by atoms with Crippen LogP contribution in [0.2, 0.25) is 0 Å². The van der Waals surface area contributed by atoms with Crippen molar-refractivity contribution >= 4 is 0 Å². The summed E-state index contributed by atoms with van der Waals surface area (Å²) in [5.74, 6) is 0.484. The van der Waals surface area contributed by atoms with Gasteiger partial charge in [-0.05, 0) is 13.0 Å². The first-order valence-electron chi connectivity index (χ1n) is 2.16. The highest BCUT2D eigenvalue weighted by Crippen LogP contribution is 2.04. The summed E-state index contributed by atoms with van der Waals surface area (Å²) in [6, 6.07) is 3.61. The first-order valence-corrected chi connectivity index (χ1v) is 2.16. The molecule has 0 aliphatic carbocycles. The first kappa shape index (κ1) is 4.24. The second kappa shape index (κ2) is 1.30. The molecular formula is C5H8NO+. The molecule has 2 heteroatoms. The minimum Gasteiger partial charge on any atom is -0.580 e. The van der Waals surface area contributed by atoms with Crippen LogP contribution in [0.1, 0.15) is 5.69 Å². The van der Waals surface area contributed by atoms with Gasteiger partial charge in [0.2, 0.25) is 0 Å². The molecule has 7 heavy (non-hydrogen) atoms. The van der Waals surface area contributed by atoms with E-state index in [-0.39, 0.29) is 0 Å². The predicted molar refractivity (Wildman–Crippen MR) is 28.6 cm³/mol. The van der Waals surface area contributed by atoms with Crippen molar-refractivity contribution in [3.8, 4) is 5.88 Å². The van der Waals surface area contributed by atoms with E-state index >= 15 is 0 Å². The zero-order valence-electron chi connectivity index (χ0n) is 4.15. The van der Waals surface area contributed by atoms with Crippen LogP contribution < -0.4 is 0 Å². The van der Waals surface area contributed by atoms with Crippen molar-refractivity contribution in [1.82, 2.24) is 4.98 Å². The van der Waals surface area contributed by atoms with Crippen LogP contribution in [0.15, 0.2) is 12.1 Å². The van der Waals surface area contributed by atoms with Gasteiger partial charge >= 0.3 is 5.88 Å². The van der Waals surface area contributed by atoms with E-state index in [0.29, 0.717) is 5.88 Å². The fourth-order valence-electron chi connectivity index (χ4n) is 0.504. The molecule has 0 fully saturated rings. The van der Waals surface area contributed by atoms with Gasteiger partial charge in [0.15, 0.2) is 0 Å². The van der Waals surface area contributed by atoms with Gasteiger partial charge in [-0.15, -0.1) is 0 Å². The first-order chi connectivity index (χ1) is 3.29. The molecule has 1 aromatic heterocycles. The normalized spacial score (nSPS) is 9.29. The van der Waals surface area contributed by atoms with Crippen LogP contribution in [0, 0.1) is 6.92 Å². The van der Waals surface area contributed by atoms with E-state index in [4.69, 9.17) is 5.11 Å². The van der Waals surface area contributed by atoms with Gasteiger partial charge in [0.25, 0.3) is 0 Å². The molecule has 0 saturated carbocycles. The molecule has 1 rings (SSSR count). The van der Waals surface area contributed by atoms with Crippen molar-refractivity contribution in [2.45, 2.75) is 6.92 Å². The summed E-state index contributed by atoms with van der Waals surface area (Å²) < 4.78 is 0. The molecule has 3 N–H and O–H groups in total. The monoisotopic (exact) mass is 98.1 g/mol. The summed E-state index contributed by atoms with van der Waals surface area (Å²) in [6.45, 7) is 1.93. The minimum atomic E-state index is 0.484. The smallest absolute Gasteiger partial charge is 0.334 e. The standard InChI is InChI=1S/C5H7NO/c1-4-2-3-5(7)6-4/h2-3,6-7H,1H3/p+1. The molecule has 0 amide bonds. The maximum absolute atomic E-state index is 6.96. The van der Waals surface area contributed by atoms with Crippen molar-refractivity contribution in [3.05, 3.63) is 17.8 Å². The van der Waals surface area contributed by atoms with Crippen LogP contribution in [0.4, 0.5) is 0 Å².